The average molecular weight is 298 g/mol. The molecule has 0 radical (unpaired) electrons. The monoisotopic (exact) mass is 298 g/mol. The third-order valence-electron chi connectivity index (χ3n) is 3.85. The Hall–Kier alpha value is -1.40. The zero-order chi connectivity index (χ0) is 15.0. The first-order valence-electron chi connectivity index (χ1n) is 6.43. The van der Waals surface area contributed by atoms with E-state index in [0.29, 0.717) is 0 Å². The lowest BCUT2D eigenvalue weighted by molar-refractivity contribution is -0.155. The zero-order valence-electron chi connectivity index (χ0n) is 11.2. The van der Waals surface area contributed by atoms with Gasteiger partial charge in [-0.25, -0.2) is 8.42 Å². The van der Waals surface area contributed by atoms with Crippen LogP contribution < -0.4 is 0 Å². The number of hydrogen-bond acceptors (Lipinski definition) is 4. The number of sulfone groups is 1. The van der Waals surface area contributed by atoms with Gasteiger partial charge in [0.15, 0.2) is 9.84 Å². The normalized spacial score (nSPS) is 29.0. The Morgan fingerprint density at radius 2 is 2.15 bits per heavy atom. The Morgan fingerprint density at radius 3 is 2.75 bits per heavy atom. The fourth-order valence-corrected chi connectivity index (χ4v) is 4.69. The van der Waals surface area contributed by atoms with Crippen molar-refractivity contribution >= 4 is 15.8 Å². The summed E-state index contributed by atoms with van der Waals surface area (Å²) in [5.41, 5.74) is 0.0463. The lowest BCUT2D eigenvalue weighted by Crippen LogP contribution is -2.53. The second-order valence-corrected chi connectivity index (χ2v) is 7.71. The maximum atomic E-state index is 11.8. The number of aryl methyl sites for hydroxylation is 1. The van der Waals surface area contributed by atoms with Crippen molar-refractivity contribution in [2.45, 2.75) is 25.9 Å². The van der Waals surface area contributed by atoms with Crippen molar-refractivity contribution in [2.24, 2.45) is 5.41 Å². The van der Waals surface area contributed by atoms with Gasteiger partial charge in [-0.1, -0.05) is 29.8 Å². The van der Waals surface area contributed by atoms with Gasteiger partial charge in [0.25, 0.3) is 0 Å². The van der Waals surface area contributed by atoms with E-state index in [2.05, 4.69) is 0 Å². The third-order valence-corrected chi connectivity index (χ3v) is 5.66. The molecule has 1 heterocycles. The van der Waals surface area contributed by atoms with Gasteiger partial charge in [-0.05, 0) is 25.3 Å². The van der Waals surface area contributed by atoms with Gasteiger partial charge in [-0.2, -0.15) is 0 Å². The summed E-state index contributed by atoms with van der Waals surface area (Å²) in [6, 6.07) is 7.25. The number of hydrogen-bond donors (Lipinski definition) is 2. The van der Waals surface area contributed by atoms with Crippen molar-refractivity contribution < 1.29 is 23.4 Å². The maximum absolute atomic E-state index is 11.8. The van der Waals surface area contributed by atoms with Crippen LogP contribution in [0.3, 0.4) is 0 Å². The van der Waals surface area contributed by atoms with Crippen LogP contribution in [0.1, 0.15) is 17.5 Å². The minimum absolute atomic E-state index is 0.0183. The maximum Gasteiger partial charge on any atom is 0.313 e. The molecule has 0 spiro atoms. The standard InChI is InChI=1S/C14H18O5S/c1-10-3-2-4-11(7-10)8-14(13(16)17)9-20(18,19)6-5-12(14)15/h2-4,7,12,15H,5-6,8-9H2,1H3,(H,16,17). The van der Waals surface area contributed by atoms with Gasteiger partial charge in [-0.3, -0.25) is 4.79 Å². The minimum atomic E-state index is -3.44. The first-order valence-corrected chi connectivity index (χ1v) is 8.25. The van der Waals surface area contributed by atoms with Crippen LogP contribution in [0.4, 0.5) is 0 Å². The molecule has 2 unspecified atom stereocenters. The molecule has 20 heavy (non-hydrogen) atoms. The van der Waals surface area contributed by atoms with Gasteiger partial charge in [0.05, 0.1) is 17.6 Å². The van der Waals surface area contributed by atoms with Crippen LogP contribution >= 0.6 is 0 Å². The topological polar surface area (TPSA) is 91.7 Å². The number of aliphatic carboxylic acids is 1. The highest BCUT2D eigenvalue weighted by Crippen LogP contribution is 2.36. The van der Waals surface area contributed by atoms with Crippen LogP contribution in [0.2, 0.25) is 0 Å². The second-order valence-electron chi connectivity index (χ2n) is 5.52. The molecule has 1 fully saturated rings. The van der Waals surface area contributed by atoms with Crippen LogP contribution in [0, 0.1) is 12.3 Å². The van der Waals surface area contributed by atoms with Crippen LogP contribution in [0.5, 0.6) is 0 Å². The predicted molar refractivity (Wildman–Crippen MR) is 74.2 cm³/mol. The molecule has 2 atom stereocenters. The van der Waals surface area contributed by atoms with Gasteiger partial charge in [-0.15, -0.1) is 0 Å². The Bertz CT molecular complexity index is 622. The van der Waals surface area contributed by atoms with Crippen molar-refractivity contribution in [3.05, 3.63) is 35.4 Å². The Morgan fingerprint density at radius 1 is 1.45 bits per heavy atom. The number of aliphatic hydroxyl groups excluding tert-OH is 1. The number of carbonyl (C=O) groups is 1. The SMILES string of the molecule is Cc1cccc(CC2(C(=O)O)CS(=O)(=O)CCC2O)c1. The predicted octanol–water partition coefficient (Wildman–Crippen LogP) is 0.788. The Balaban J connectivity index is 2.41. The molecule has 0 saturated carbocycles. The molecule has 110 valence electrons. The fourth-order valence-electron chi connectivity index (χ4n) is 2.76. The molecule has 0 aromatic heterocycles. The summed E-state index contributed by atoms with van der Waals surface area (Å²) in [6.45, 7) is 1.88. The average Bonchev–Trinajstić information content (AvgIpc) is 2.33. The number of rotatable bonds is 3. The zero-order valence-corrected chi connectivity index (χ0v) is 12.1. The van der Waals surface area contributed by atoms with E-state index in [4.69, 9.17) is 0 Å². The van der Waals surface area contributed by atoms with Crippen LogP contribution in [-0.2, 0) is 21.1 Å². The molecule has 1 aliphatic heterocycles. The van der Waals surface area contributed by atoms with E-state index >= 15 is 0 Å². The van der Waals surface area contributed by atoms with Gasteiger partial charge < -0.3 is 10.2 Å². The van der Waals surface area contributed by atoms with Crippen LogP contribution in [0.15, 0.2) is 24.3 Å². The number of aliphatic hydroxyl groups is 1. The molecule has 2 rings (SSSR count). The number of carboxylic acids is 1. The third kappa shape index (κ3) is 2.86. The molecule has 1 aromatic rings. The number of benzene rings is 1. The first kappa shape index (κ1) is 15.0. The summed E-state index contributed by atoms with van der Waals surface area (Å²) in [6.07, 6.45) is -1.16. The Labute approximate surface area is 118 Å². The van der Waals surface area contributed by atoms with Crippen molar-refractivity contribution in [3.63, 3.8) is 0 Å². The van der Waals surface area contributed by atoms with Crippen molar-refractivity contribution in [2.75, 3.05) is 11.5 Å². The minimum Gasteiger partial charge on any atom is -0.481 e. The molecular weight excluding hydrogens is 280 g/mol. The summed E-state index contributed by atoms with van der Waals surface area (Å²) in [5, 5.41) is 19.6. The van der Waals surface area contributed by atoms with E-state index in [1.807, 2.05) is 19.1 Å². The summed E-state index contributed by atoms with van der Waals surface area (Å²) in [5.74, 6) is -1.92. The molecule has 1 aliphatic rings. The molecule has 0 amide bonds. The van der Waals surface area contributed by atoms with E-state index in [0.717, 1.165) is 11.1 Å². The highest BCUT2D eigenvalue weighted by atomic mass is 32.2. The van der Waals surface area contributed by atoms with Gasteiger partial charge in [0.2, 0.25) is 0 Å². The van der Waals surface area contributed by atoms with Gasteiger partial charge in [0, 0.05) is 0 Å². The quantitative estimate of drug-likeness (QED) is 0.860. The van der Waals surface area contributed by atoms with E-state index in [-0.39, 0.29) is 18.6 Å². The first-order chi connectivity index (χ1) is 9.25. The highest BCUT2D eigenvalue weighted by molar-refractivity contribution is 7.91. The summed E-state index contributed by atoms with van der Waals surface area (Å²) < 4.78 is 23.6. The molecule has 0 aliphatic carbocycles. The van der Waals surface area contributed by atoms with Crippen molar-refractivity contribution in [1.29, 1.82) is 0 Å². The molecular formula is C14H18O5S. The van der Waals surface area contributed by atoms with Crippen LogP contribution in [0.25, 0.3) is 0 Å². The molecule has 6 heteroatoms. The van der Waals surface area contributed by atoms with Crippen molar-refractivity contribution in [1.82, 2.24) is 0 Å². The van der Waals surface area contributed by atoms with Crippen molar-refractivity contribution in [3.8, 4) is 0 Å². The van der Waals surface area contributed by atoms with Gasteiger partial charge >= 0.3 is 5.97 Å². The summed E-state index contributed by atoms with van der Waals surface area (Å²) >= 11 is 0. The smallest absolute Gasteiger partial charge is 0.313 e. The largest absolute Gasteiger partial charge is 0.481 e. The van der Waals surface area contributed by atoms with E-state index in [1.54, 1.807) is 12.1 Å². The Kier molecular flexibility index (Phi) is 3.88. The highest BCUT2D eigenvalue weighted by Gasteiger charge is 2.51. The van der Waals surface area contributed by atoms with Gasteiger partial charge in [0.1, 0.15) is 5.41 Å². The van der Waals surface area contributed by atoms with E-state index in [1.165, 1.54) is 0 Å². The lowest BCUT2D eigenvalue weighted by atomic mass is 9.77. The number of carboxylic acid groups (broad SMARTS) is 1. The van der Waals surface area contributed by atoms with E-state index in [9.17, 15) is 23.4 Å². The summed E-state index contributed by atoms with van der Waals surface area (Å²) in [4.78, 5) is 11.6. The summed E-state index contributed by atoms with van der Waals surface area (Å²) in [7, 11) is -3.44. The molecule has 5 nitrogen and oxygen atoms in total. The molecule has 0 bridgehead atoms. The second kappa shape index (κ2) is 5.18. The fraction of sp³-hybridized carbons (Fsp3) is 0.500. The lowest BCUT2D eigenvalue weighted by Gasteiger charge is -2.37. The molecule has 1 aromatic carbocycles. The van der Waals surface area contributed by atoms with E-state index < -0.39 is 33.1 Å². The van der Waals surface area contributed by atoms with Crippen LogP contribution in [-0.4, -0.2) is 42.2 Å². The molecule has 1 saturated heterocycles. The molecule has 2 N–H and O–H groups in total.